The lowest BCUT2D eigenvalue weighted by Gasteiger charge is -1.95. The molecule has 2 aromatic rings. The predicted octanol–water partition coefficient (Wildman–Crippen LogP) is 2.89. The van der Waals surface area contributed by atoms with E-state index in [1.165, 1.54) is 0 Å². The zero-order valence-electron chi connectivity index (χ0n) is 7.17. The lowest BCUT2D eigenvalue weighted by atomic mass is 10.2. The van der Waals surface area contributed by atoms with Gasteiger partial charge in [-0.2, -0.15) is 0 Å². The molecule has 0 aliphatic carbocycles. The van der Waals surface area contributed by atoms with Crippen LogP contribution in [0.15, 0.2) is 22.6 Å². The first-order chi connectivity index (χ1) is 6.20. The van der Waals surface area contributed by atoms with Crippen molar-refractivity contribution < 1.29 is 9.52 Å². The summed E-state index contributed by atoms with van der Waals surface area (Å²) in [5.41, 5.74) is 1.75. The van der Waals surface area contributed by atoms with E-state index in [0.717, 1.165) is 21.6 Å². The molecule has 1 aromatic carbocycles. The normalized spacial score (nSPS) is 11.0. The number of aliphatic hydroxyl groups is 1. The minimum absolute atomic E-state index is 0.0780. The van der Waals surface area contributed by atoms with Crippen LogP contribution in [0.25, 0.3) is 11.0 Å². The van der Waals surface area contributed by atoms with E-state index in [1.54, 1.807) is 6.07 Å². The van der Waals surface area contributed by atoms with Gasteiger partial charge in [0, 0.05) is 10.4 Å². The van der Waals surface area contributed by atoms with Gasteiger partial charge in [-0.15, -0.1) is 0 Å². The first-order valence-electron chi connectivity index (χ1n) is 4.00. The van der Waals surface area contributed by atoms with Gasteiger partial charge in [-0.1, -0.05) is 11.6 Å². The van der Waals surface area contributed by atoms with Crippen LogP contribution in [0.4, 0.5) is 0 Å². The third kappa shape index (κ3) is 1.43. The van der Waals surface area contributed by atoms with Crippen molar-refractivity contribution in [3.05, 3.63) is 34.5 Å². The molecule has 0 unspecified atom stereocenters. The molecule has 1 N–H and O–H groups in total. The van der Waals surface area contributed by atoms with Gasteiger partial charge in [0.15, 0.2) is 0 Å². The molecular weight excluding hydrogens is 188 g/mol. The molecular formula is C10H9ClO2. The smallest absolute Gasteiger partial charge is 0.134 e. The van der Waals surface area contributed by atoms with Gasteiger partial charge in [-0.3, -0.25) is 0 Å². The second kappa shape index (κ2) is 3.05. The van der Waals surface area contributed by atoms with Crippen molar-refractivity contribution >= 4 is 22.6 Å². The van der Waals surface area contributed by atoms with Crippen molar-refractivity contribution in [2.45, 2.75) is 13.5 Å². The highest BCUT2D eigenvalue weighted by atomic mass is 35.5. The largest absolute Gasteiger partial charge is 0.459 e. The summed E-state index contributed by atoms with van der Waals surface area (Å²) in [6, 6.07) is 5.51. The lowest BCUT2D eigenvalue weighted by Crippen LogP contribution is -1.73. The molecule has 1 heterocycles. The van der Waals surface area contributed by atoms with Gasteiger partial charge in [0.2, 0.25) is 0 Å². The molecule has 0 amide bonds. The van der Waals surface area contributed by atoms with Crippen molar-refractivity contribution in [1.29, 1.82) is 0 Å². The third-order valence-electron chi connectivity index (χ3n) is 2.00. The number of halogens is 1. The van der Waals surface area contributed by atoms with Crippen LogP contribution in [0.5, 0.6) is 0 Å². The Labute approximate surface area is 80.7 Å². The number of aliphatic hydroxyl groups excluding tert-OH is 1. The standard InChI is InChI=1S/C10H9ClO2/c1-6-2-10-7(4-9(6)11)3-8(5-12)13-10/h2-4,12H,5H2,1H3. The highest BCUT2D eigenvalue weighted by molar-refractivity contribution is 6.32. The maximum atomic E-state index is 8.85. The third-order valence-corrected chi connectivity index (χ3v) is 2.41. The molecule has 13 heavy (non-hydrogen) atoms. The quantitative estimate of drug-likeness (QED) is 0.761. The Morgan fingerprint density at radius 3 is 2.85 bits per heavy atom. The molecule has 0 saturated carbocycles. The second-order valence-corrected chi connectivity index (χ2v) is 3.42. The molecule has 2 nitrogen and oxygen atoms in total. The van der Waals surface area contributed by atoms with Crippen LogP contribution in [0.3, 0.4) is 0 Å². The van der Waals surface area contributed by atoms with Crippen LogP contribution in [0.1, 0.15) is 11.3 Å². The van der Waals surface area contributed by atoms with Gasteiger partial charge in [0.1, 0.15) is 18.0 Å². The maximum Gasteiger partial charge on any atom is 0.134 e. The van der Waals surface area contributed by atoms with Gasteiger partial charge in [-0.05, 0) is 30.7 Å². The molecule has 0 bridgehead atoms. The van der Waals surface area contributed by atoms with Crippen LogP contribution < -0.4 is 0 Å². The minimum atomic E-state index is -0.0780. The second-order valence-electron chi connectivity index (χ2n) is 3.01. The van der Waals surface area contributed by atoms with E-state index in [-0.39, 0.29) is 6.61 Å². The number of furan rings is 1. The summed E-state index contributed by atoms with van der Waals surface area (Å²) in [6.45, 7) is 1.84. The average molecular weight is 197 g/mol. The van der Waals surface area contributed by atoms with Gasteiger partial charge in [0.05, 0.1) is 0 Å². The Kier molecular flexibility index (Phi) is 2.02. The van der Waals surface area contributed by atoms with Crippen molar-refractivity contribution in [1.82, 2.24) is 0 Å². The summed E-state index contributed by atoms with van der Waals surface area (Å²) >= 11 is 5.94. The molecule has 0 spiro atoms. The van der Waals surface area contributed by atoms with E-state index in [4.69, 9.17) is 21.1 Å². The monoisotopic (exact) mass is 196 g/mol. The van der Waals surface area contributed by atoms with Crippen molar-refractivity contribution in [2.24, 2.45) is 0 Å². The predicted molar refractivity (Wildman–Crippen MR) is 51.9 cm³/mol. The number of hydrogen-bond donors (Lipinski definition) is 1. The summed E-state index contributed by atoms with van der Waals surface area (Å²) in [5, 5.41) is 10.5. The molecule has 0 aliphatic heterocycles. The van der Waals surface area contributed by atoms with E-state index in [1.807, 2.05) is 19.1 Å². The van der Waals surface area contributed by atoms with Gasteiger partial charge in [0.25, 0.3) is 0 Å². The average Bonchev–Trinajstić information content (AvgIpc) is 2.48. The minimum Gasteiger partial charge on any atom is -0.459 e. The summed E-state index contributed by atoms with van der Waals surface area (Å²) in [4.78, 5) is 0. The van der Waals surface area contributed by atoms with Crippen LogP contribution in [-0.2, 0) is 6.61 Å². The Morgan fingerprint density at radius 1 is 1.38 bits per heavy atom. The van der Waals surface area contributed by atoms with Gasteiger partial charge < -0.3 is 9.52 Å². The molecule has 0 radical (unpaired) electrons. The maximum absolute atomic E-state index is 8.85. The Morgan fingerprint density at radius 2 is 2.15 bits per heavy atom. The summed E-state index contributed by atoms with van der Waals surface area (Å²) in [7, 11) is 0. The molecule has 2 rings (SSSR count). The first-order valence-corrected chi connectivity index (χ1v) is 4.38. The molecule has 0 fully saturated rings. The van der Waals surface area contributed by atoms with Crippen molar-refractivity contribution in [3.8, 4) is 0 Å². The van der Waals surface area contributed by atoms with Crippen LogP contribution in [-0.4, -0.2) is 5.11 Å². The fourth-order valence-electron chi connectivity index (χ4n) is 1.29. The fourth-order valence-corrected chi connectivity index (χ4v) is 1.47. The van der Waals surface area contributed by atoms with Gasteiger partial charge in [-0.25, -0.2) is 0 Å². The summed E-state index contributed by atoms with van der Waals surface area (Å²) < 4.78 is 5.34. The van der Waals surface area contributed by atoms with Crippen molar-refractivity contribution in [3.63, 3.8) is 0 Å². The highest BCUT2D eigenvalue weighted by Gasteiger charge is 2.05. The highest BCUT2D eigenvalue weighted by Crippen LogP contribution is 2.26. The Hall–Kier alpha value is -0.990. The summed E-state index contributed by atoms with van der Waals surface area (Å²) in [6.07, 6.45) is 0. The lowest BCUT2D eigenvalue weighted by molar-refractivity contribution is 0.251. The topological polar surface area (TPSA) is 33.4 Å². The summed E-state index contributed by atoms with van der Waals surface area (Å²) in [5.74, 6) is 0.566. The number of rotatable bonds is 1. The first kappa shape index (κ1) is 8.60. The Bertz CT molecular complexity index is 406. The number of aryl methyl sites for hydroxylation is 1. The van der Waals surface area contributed by atoms with E-state index in [0.29, 0.717) is 5.76 Å². The van der Waals surface area contributed by atoms with Crippen molar-refractivity contribution in [2.75, 3.05) is 0 Å². The Balaban J connectivity index is 2.70. The number of benzene rings is 1. The fraction of sp³-hybridized carbons (Fsp3) is 0.200. The number of hydrogen-bond acceptors (Lipinski definition) is 2. The number of fused-ring (bicyclic) bond motifs is 1. The molecule has 68 valence electrons. The molecule has 1 aromatic heterocycles. The molecule has 0 saturated heterocycles. The van der Waals surface area contributed by atoms with E-state index < -0.39 is 0 Å². The molecule has 0 atom stereocenters. The molecule has 3 heteroatoms. The molecule has 0 aliphatic rings. The SMILES string of the molecule is Cc1cc2oc(CO)cc2cc1Cl. The van der Waals surface area contributed by atoms with Gasteiger partial charge >= 0.3 is 0 Å². The van der Waals surface area contributed by atoms with E-state index >= 15 is 0 Å². The van der Waals surface area contributed by atoms with E-state index in [9.17, 15) is 0 Å². The zero-order chi connectivity index (χ0) is 9.42. The zero-order valence-corrected chi connectivity index (χ0v) is 7.93. The van der Waals surface area contributed by atoms with Crippen LogP contribution in [0, 0.1) is 6.92 Å². The van der Waals surface area contributed by atoms with Crippen LogP contribution in [0.2, 0.25) is 5.02 Å². The van der Waals surface area contributed by atoms with E-state index in [2.05, 4.69) is 0 Å². The van der Waals surface area contributed by atoms with Crippen LogP contribution >= 0.6 is 11.6 Å².